The number of nitrogens with one attached hydrogen (secondary N) is 2. The molecule has 1 rings (SSSR count). The van der Waals surface area contributed by atoms with Crippen molar-refractivity contribution in [3.8, 4) is 5.75 Å². The van der Waals surface area contributed by atoms with Crippen LogP contribution in [0.5, 0.6) is 5.75 Å². The molecule has 1 atom stereocenters. The number of carbonyl (C=O) groups is 1. The van der Waals surface area contributed by atoms with E-state index in [-0.39, 0.29) is 6.03 Å². The molecule has 1 aromatic rings. The van der Waals surface area contributed by atoms with Crippen molar-refractivity contribution >= 4 is 11.7 Å². The zero-order valence-corrected chi connectivity index (χ0v) is 12.7. The zero-order valence-electron chi connectivity index (χ0n) is 12.7. The Morgan fingerprint density at radius 2 is 1.95 bits per heavy atom. The maximum Gasteiger partial charge on any atom is 0.319 e. The predicted molar refractivity (Wildman–Crippen MR) is 83.3 cm³/mol. The van der Waals surface area contributed by atoms with Gasteiger partial charge >= 0.3 is 6.03 Å². The molecule has 0 spiro atoms. The number of ether oxygens (including phenoxy) is 1. The quantitative estimate of drug-likeness (QED) is 0.754. The van der Waals surface area contributed by atoms with Gasteiger partial charge in [-0.3, -0.25) is 0 Å². The molecule has 0 aliphatic heterocycles. The number of urea groups is 1. The van der Waals surface area contributed by atoms with Gasteiger partial charge in [0.2, 0.25) is 0 Å². The fourth-order valence-electron chi connectivity index (χ4n) is 2.03. The molecule has 0 heterocycles. The molecule has 0 bridgehead atoms. The third kappa shape index (κ3) is 5.95. The van der Waals surface area contributed by atoms with Crippen LogP contribution in [0.2, 0.25) is 0 Å². The van der Waals surface area contributed by atoms with E-state index in [0.29, 0.717) is 5.92 Å². The Balaban J connectivity index is 2.34. The van der Waals surface area contributed by atoms with Crippen LogP contribution < -0.4 is 15.4 Å². The van der Waals surface area contributed by atoms with Crippen LogP contribution in [-0.4, -0.2) is 19.7 Å². The summed E-state index contributed by atoms with van der Waals surface area (Å²) in [6.07, 6.45) is 4.70. The molecule has 0 aliphatic rings. The van der Waals surface area contributed by atoms with Crippen LogP contribution in [0.1, 0.15) is 39.5 Å². The Bertz CT molecular complexity index is 390. The minimum absolute atomic E-state index is 0.148. The highest BCUT2D eigenvalue weighted by atomic mass is 16.5. The van der Waals surface area contributed by atoms with Crippen molar-refractivity contribution in [2.24, 2.45) is 5.92 Å². The van der Waals surface area contributed by atoms with Crippen molar-refractivity contribution in [3.05, 3.63) is 24.3 Å². The van der Waals surface area contributed by atoms with Crippen LogP contribution in [0.25, 0.3) is 0 Å². The third-order valence-corrected chi connectivity index (χ3v) is 3.44. The Labute approximate surface area is 121 Å². The maximum atomic E-state index is 11.8. The number of rotatable bonds is 8. The standard InChI is InChI=1S/C16H26N2O2/c1-4-6-7-13(5-2)12-17-16(19)18-14-8-10-15(20-3)11-9-14/h8-11,13H,4-7,12H2,1-3H3,(H2,17,18,19). The minimum atomic E-state index is -0.148. The van der Waals surface area contributed by atoms with E-state index in [1.54, 1.807) is 7.11 Å². The van der Waals surface area contributed by atoms with E-state index in [1.165, 1.54) is 19.3 Å². The van der Waals surface area contributed by atoms with Crippen molar-refractivity contribution in [3.63, 3.8) is 0 Å². The molecule has 4 nitrogen and oxygen atoms in total. The number of anilines is 1. The SMILES string of the molecule is CCCCC(CC)CNC(=O)Nc1ccc(OC)cc1. The first kappa shape index (κ1) is 16.3. The predicted octanol–water partition coefficient (Wildman–Crippen LogP) is 4.03. The van der Waals surface area contributed by atoms with Crippen LogP contribution in [0.15, 0.2) is 24.3 Å². The van der Waals surface area contributed by atoms with E-state index in [2.05, 4.69) is 24.5 Å². The Morgan fingerprint density at radius 1 is 1.25 bits per heavy atom. The fraction of sp³-hybridized carbons (Fsp3) is 0.562. The number of methoxy groups -OCH3 is 1. The van der Waals surface area contributed by atoms with Gasteiger partial charge in [-0.1, -0.05) is 33.1 Å². The van der Waals surface area contributed by atoms with Gasteiger partial charge in [0.15, 0.2) is 0 Å². The molecule has 2 N–H and O–H groups in total. The summed E-state index contributed by atoms with van der Waals surface area (Å²) in [4.78, 5) is 11.8. The van der Waals surface area contributed by atoms with Crippen LogP contribution in [0.4, 0.5) is 10.5 Å². The molecule has 4 heteroatoms. The molecule has 0 aliphatic carbocycles. The van der Waals surface area contributed by atoms with Gasteiger partial charge in [0.1, 0.15) is 5.75 Å². The van der Waals surface area contributed by atoms with Gasteiger partial charge in [-0.15, -0.1) is 0 Å². The molecule has 112 valence electrons. The van der Waals surface area contributed by atoms with Crippen LogP contribution >= 0.6 is 0 Å². The maximum absolute atomic E-state index is 11.8. The summed E-state index contributed by atoms with van der Waals surface area (Å²) in [7, 11) is 1.62. The smallest absolute Gasteiger partial charge is 0.319 e. The van der Waals surface area contributed by atoms with Gasteiger partial charge < -0.3 is 15.4 Å². The molecule has 0 aromatic heterocycles. The number of unbranched alkanes of at least 4 members (excludes halogenated alkanes) is 1. The van der Waals surface area contributed by atoms with Crippen molar-refractivity contribution < 1.29 is 9.53 Å². The van der Waals surface area contributed by atoms with Gasteiger partial charge in [0, 0.05) is 12.2 Å². The van der Waals surface area contributed by atoms with Crippen LogP contribution in [-0.2, 0) is 0 Å². The van der Waals surface area contributed by atoms with Gasteiger partial charge in [0.05, 0.1) is 7.11 Å². The summed E-state index contributed by atoms with van der Waals surface area (Å²) < 4.78 is 5.08. The lowest BCUT2D eigenvalue weighted by Crippen LogP contribution is -2.33. The van der Waals surface area contributed by atoms with E-state index in [1.807, 2.05) is 24.3 Å². The van der Waals surface area contributed by atoms with Gasteiger partial charge in [-0.2, -0.15) is 0 Å². The Morgan fingerprint density at radius 3 is 2.50 bits per heavy atom. The van der Waals surface area contributed by atoms with Crippen LogP contribution in [0, 0.1) is 5.92 Å². The highest BCUT2D eigenvalue weighted by molar-refractivity contribution is 5.89. The molecule has 20 heavy (non-hydrogen) atoms. The lowest BCUT2D eigenvalue weighted by Gasteiger charge is -2.15. The van der Waals surface area contributed by atoms with Crippen molar-refractivity contribution in [1.29, 1.82) is 0 Å². The lowest BCUT2D eigenvalue weighted by atomic mass is 9.99. The van der Waals surface area contributed by atoms with E-state index < -0.39 is 0 Å². The lowest BCUT2D eigenvalue weighted by molar-refractivity contribution is 0.249. The van der Waals surface area contributed by atoms with Gasteiger partial charge in [0.25, 0.3) is 0 Å². The normalized spacial score (nSPS) is 11.8. The molecule has 0 saturated carbocycles. The number of hydrogen-bond acceptors (Lipinski definition) is 2. The summed E-state index contributed by atoms with van der Waals surface area (Å²) in [5.74, 6) is 1.35. The molecule has 0 saturated heterocycles. The molecule has 1 unspecified atom stereocenters. The summed E-state index contributed by atoms with van der Waals surface area (Å²) >= 11 is 0. The van der Waals surface area contributed by atoms with Crippen LogP contribution in [0.3, 0.4) is 0 Å². The highest BCUT2D eigenvalue weighted by Gasteiger charge is 2.08. The van der Waals surface area contributed by atoms with Gasteiger partial charge in [-0.25, -0.2) is 4.79 Å². The second kappa shape index (κ2) is 9.23. The van der Waals surface area contributed by atoms with Crippen molar-refractivity contribution in [2.45, 2.75) is 39.5 Å². The Hall–Kier alpha value is -1.71. The van der Waals surface area contributed by atoms with Crippen molar-refractivity contribution in [2.75, 3.05) is 19.0 Å². The molecule has 1 aromatic carbocycles. The van der Waals surface area contributed by atoms with E-state index in [0.717, 1.165) is 24.4 Å². The molecule has 0 radical (unpaired) electrons. The Kier molecular flexibility index (Phi) is 7.55. The summed E-state index contributed by atoms with van der Waals surface area (Å²) in [6.45, 7) is 5.10. The molecular formula is C16H26N2O2. The number of carbonyl (C=O) groups excluding carboxylic acids is 1. The van der Waals surface area contributed by atoms with E-state index in [4.69, 9.17) is 4.74 Å². The number of hydrogen-bond donors (Lipinski definition) is 2. The van der Waals surface area contributed by atoms with Gasteiger partial charge in [-0.05, 0) is 36.6 Å². The first-order valence-corrected chi connectivity index (χ1v) is 7.38. The fourth-order valence-corrected chi connectivity index (χ4v) is 2.03. The monoisotopic (exact) mass is 278 g/mol. The average molecular weight is 278 g/mol. The highest BCUT2D eigenvalue weighted by Crippen LogP contribution is 2.15. The number of benzene rings is 1. The summed E-state index contributed by atoms with van der Waals surface area (Å²) in [5.41, 5.74) is 0.768. The zero-order chi connectivity index (χ0) is 14.8. The topological polar surface area (TPSA) is 50.4 Å². The first-order valence-electron chi connectivity index (χ1n) is 7.38. The third-order valence-electron chi connectivity index (χ3n) is 3.44. The first-order chi connectivity index (χ1) is 9.69. The van der Waals surface area contributed by atoms with E-state index >= 15 is 0 Å². The van der Waals surface area contributed by atoms with E-state index in [9.17, 15) is 4.79 Å². The minimum Gasteiger partial charge on any atom is -0.497 e. The molecular weight excluding hydrogens is 252 g/mol. The summed E-state index contributed by atoms with van der Waals surface area (Å²) in [5, 5.41) is 5.76. The second-order valence-corrected chi connectivity index (χ2v) is 4.98. The molecule has 0 fully saturated rings. The average Bonchev–Trinajstić information content (AvgIpc) is 2.48. The second-order valence-electron chi connectivity index (χ2n) is 4.98. The molecule has 2 amide bonds. The number of amides is 2. The van der Waals surface area contributed by atoms with Crippen molar-refractivity contribution in [1.82, 2.24) is 5.32 Å². The largest absolute Gasteiger partial charge is 0.497 e. The summed E-state index contributed by atoms with van der Waals surface area (Å²) in [6, 6.07) is 7.15.